The van der Waals surface area contributed by atoms with Crippen LogP contribution in [0.2, 0.25) is 5.02 Å². The fourth-order valence-electron chi connectivity index (χ4n) is 4.00. The first-order chi connectivity index (χ1) is 14.5. The zero-order valence-electron chi connectivity index (χ0n) is 16.7. The van der Waals surface area contributed by atoms with Crippen LogP contribution in [0.1, 0.15) is 19.4 Å². The molecule has 8 heteroatoms. The molecule has 1 aromatic heterocycles. The third-order valence-corrected chi connectivity index (χ3v) is 5.82. The summed E-state index contributed by atoms with van der Waals surface area (Å²) in [4.78, 5) is 45.5. The number of para-hydroxylation sites is 1. The normalized spacial score (nSPS) is 15.4. The quantitative estimate of drug-likeness (QED) is 0.695. The number of H-pyrrole nitrogens is 1. The molecular weight excluding hydrogens is 404 g/mol. The van der Waals surface area contributed by atoms with Crippen molar-refractivity contribution in [1.82, 2.24) is 14.5 Å². The van der Waals surface area contributed by atoms with Gasteiger partial charge >= 0.3 is 5.69 Å². The van der Waals surface area contributed by atoms with Crippen LogP contribution in [-0.4, -0.2) is 46.5 Å². The first-order valence-corrected chi connectivity index (χ1v) is 10.4. The molecule has 1 saturated heterocycles. The van der Waals surface area contributed by atoms with E-state index in [4.69, 9.17) is 11.6 Å². The largest absolute Gasteiger partial charge is 0.368 e. The van der Waals surface area contributed by atoms with Crippen LogP contribution < -0.4 is 16.1 Å². The van der Waals surface area contributed by atoms with E-state index in [1.54, 1.807) is 29.2 Å². The van der Waals surface area contributed by atoms with Gasteiger partial charge in [0.15, 0.2) is 0 Å². The summed E-state index contributed by atoms with van der Waals surface area (Å²) < 4.78 is 1.06. The molecule has 0 unspecified atom stereocenters. The SMILES string of the molecule is CC[C@@H](C(=O)N1CCN(c2cccc(Cl)c2)CC1)n1c(=O)[nH]c2ccccc2c1=O. The predicted molar refractivity (Wildman–Crippen MR) is 118 cm³/mol. The number of nitrogens with zero attached hydrogens (tertiary/aromatic N) is 3. The summed E-state index contributed by atoms with van der Waals surface area (Å²) in [7, 11) is 0. The number of amides is 1. The molecule has 0 spiro atoms. The van der Waals surface area contributed by atoms with E-state index in [-0.39, 0.29) is 5.91 Å². The lowest BCUT2D eigenvalue weighted by Gasteiger charge is -2.37. The zero-order chi connectivity index (χ0) is 21.3. The number of benzene rings is 2. The fraction of sp³-hybridized carbons (Fsp3) is 0.318. The maximum Gasteiger partial charge on any atom is 0.329 e. The fourth-order valence-corrected chi connectivity index (χ4v) is 4.18. The maximum atomic E-state index is 13.2. The van der Waals surface area contributed by atoms with Gasteiger partial charge in [-0.1, -0.05) is 36.7 Å². The van der Waals surface area contributed by atoms with Gasteiger partial charge in [0.25, 0.3) is 5.56 Å². The molecule has 2 aromatic carbocycles. The first kappa shape index (κ1) is 20.2. The van der Waals surface area contributed by atoms with Crippen LogP contribution in [-0.2, 0) is 4.79 Å². The number of nitrogens with one attached hydrogen (secondary N) is 1. The van der Waals surface area contributed by atoms with Crippen molar-refractivity contribution in [3.05, 3.63) is 74.4 Å². The molecule has 0 saturated carbocycles. The smallest absolute Gasteiger partial charge is 0.329 e. The molecule has 7 nitrogen and oxygen atoms in total. The van der Waals surface area contributed by atoms with E-state index in [0.717, 1.165) is 10.3 Å². The van der Waals surface area contributed by atoms with Gasteiger partial charge in [-0.25, -0.2) is 9.36 Å². The summed E-state index contributed by atoms with van der Waals surface area (Å²) in [6.45, 7) is 4.16. The number of piperazine rings is 1. The third-order valence-electron chi connectivity index (χ3n) is 5.58. The number of hydrogen-bond donors (Lipinski definition) is 1. The summed E-state index contributed by atoms with van der Waals surface area (Å²) in [6, 6.07) is 13.6. The Labute approximate surface area is 178 Å². The number of carbonyl (C=O) groups excluding carboxylic acids is 1. The summed E-state index contributed by atoms with van der Waals surface area (Å²) in [5, 5.41) is 1.07. The van der Waals surface area contributed by atoms with Crippen LogP contribution in [0.4, 0.5) is 5.69 Å². The molecular formula is C22H23ClN4O3. The number of carbonyl (C=O) groups is 1. The van der Waals surface area contributed by atoms with E-state index < -0.39 is 17.3 Å². The molecule has 0 radical (unpaired) electrons. The molecule has 1 atom stereocenters. The zero-order valence-corrected chi connectivity index (χ0v) is 17.4. The molecule has 1 fully saturated rings. The molecule has 1 aliphatic heterocycles. The van der Waals surface area contributed by atoms with Gasteiger partial charge in [-0.15, -0.1) is 0 Å². The van der Waals surface area contributed by atoms with Crippen molar-refractivity contribution < 1.29 is 4.79 Å². The number of aromatic nitrogens is 2. The Balaban J connectivity index is 1.57. The predicted octanol–water partition coefficient (Wildman–Crippen LogP) is 2.64. The van der Waals surface area contributed by atoms with Gasteiger partial charge in [-0.05, 0) is 36.8 Å². The highest BCUT2D eigenvalue weighted by molar-refractivity contribution is 6.30. The summed E-state index contributed by atoms with van der Waals surface area (Å²) in [5.74, 6) is -0.203. The molecule has 3 aromatic rings. The second kappa shape index (κ2) is 8.36. The van der Waals surface area contributed by atoms with Gasteiger partial charge in [0.05, 0.1) is 10.9 Å². The molecule has 156 valence electrons. The second-order valence-electron chi connectivity index (χ2n) is 7.37. The van der Waals surface area contributed by atoms with Gasteiger partial charge < -0.3 is 14.8 Å². The lowest BCUT2D eigenvalue weighted by Crippen LogP contribution is -2.52. The topological polar surface area (TPSA) is 78.4 Å². The molecule has 1 N–H and O–H groups in total. The van der Waals surface area contributed by atoms with Gasteiger partial charge in [0.1, 0.15) is 6.04 Å². The summed E-state index contributed by atoms with van der Waals surface area (Å²) in [5.41, 5.74) is 0.494. The van der Waals surface area contributed by atoms with Crippen LogP contribution in [0.3, 0.4) is 0 Å². The molecule has 4 rings (SSSR count). The Hall–Kier alpha value is -3.06. The Morgan fingerprint density at radius 3 is 2.50 bits per heavy atom. The lowest BCUT2D eigenvalue weighted by molar-refractivity contribution is -0.135. The van der Waals surface area contributed by atoms with E-state index >= 15 is 0 Å². The number of hydrogen-bond acceptors (Lipinski definition) is 4. The number of rotatable bonds is 4. The van der Waals surface area contributed by atoms with Crippen molar-refractivity contribution in [2.75, 3.05) is 31.1 Å². The van der Waals surface area contributed by atoms with E-state index in [1.807, 2.05) is 31.2 Å². The van der Waals surface area contributed by atoms with E-state index in [2.05, 4.69) is 9.88 Å². The lowest BCUT2D eigenvalue weighted by atomic mass is 10.1. The maximum absolute atomic E-state index is 13.2. The van der Waals surface area contributed by atoms with Crippen LogP contribution >= 0.6 is 11.6 Å². The Morgan fingerprint density at radius 2 is 1.80 bits per heavy atom. The molecule has 1 aliphatic rings. The van der Waals surface area contributed by atoms with Crippen LogP contribution in [0.5, 0.6) is 0 Å². The minimum atomic E-state index is -0.830. The van der Waals surface area contributed by atoms with Gasteiger partial charge in [-0.2, -0.15) is 0 Å². The van der Waals surface area contributed by atoms with Gasteiger partial charge in [-0.3, -0.25) is 9.59 Å². The van der Waals surface area contributed by atoms with Crippen molar-refractivity contribution in [3.8, 4) is 0 Å². The minimum Gasteiger partial charge on any atom is -0.368 e. The molecule has 2 heterocycles. The van der Waals surface area contributed by atoms with Crippen LogP contribution in [0, 0.1) is 0 Å². The highest BCUT2D eigenvalue weighted by Gasteiger charge is 2.30. The van der Waals surface area contributed by atoms with Crippen molar-refractivity contribution in [1.29, 1.82) is 0 Å². The van der Waals surface area contributed by atoms with Crippen molar-refractivity contribution in [3.63, 3.8) is 0 Å². The number of fused-ring (bicyclic) bond motifs is 1. The summed E-state index contributed by atoms with van der Waals surface area (Å²) in [6.07, 6.45) is 0.356. The molecule has 1 amide bonds. The number of aromatic amines is 1. The van der Waals surface area contributed by atoms with Crippen LogP contribution in [0.25, 0.3) is 10.9 Å². The Bertz CT molecular complexity index is 1190. The average Bonchev–Trinajstić information content (AvgIpc) is 2.76. The van der Waals surface area contributed by atoms with Crippen molar-refractivity contribution in [2.24, 2.45) is 0 Å². The molecule has 0 bridgehead atoms. The van der Waals surface area contributed by atoms with Gasteiger partial charge in [0, 0.05) is 36.9 Å². The standard InChI is InChI=1S/C22H23ClN4O3/c1-2-19(27-20(28)17-8-3-4-9-18(17)24-22(27)30)21(29)26-12-10-25(11-13-26)16-7-5-6-15(23)14-16/h3-9,14,19H,2,10-13H2,1H3,(H,24,30)/t19-/m0/s1. The molecule has 30 heavy (non-hydrogen) atoms. The number of halogens is 1. The van der Waals surface area contributed by atoms with Gasteiger partial charge in [0.2, 0.25) is 5.91 Å². The average molecular weight is 427 g/mol. The third kappa shape index (κ3) is 3.73. The van der Waals surface area contributed by atoms with E-state index in [0.29, 0.717) is 48.5 Å². The first-order valence-electron chi connectivity index (χ1n) is 10.0. The van der Waals surface area contributed by atoms with E-state index in [1.165, 1.54) is 0 Å². The monoisotopic (exact) mass is 426 g/mol. The van der Waals surface area contributed by atoms with Crippen molar-refractivity contribution >= 4 is 34.1 Å². The Morgan fingerprint density at radius 1 is 1.07 bits per heavy atom. The number of anilines is 1. The van der Waals surface area contributed by atoms with Crippen molar-refractivity contribution in [2.45, 2.75) is 19.4 Å². The van der Waals surface area contributed by atoms with E-state index in [9.17, 15) is 14.4 Å². The minimum absolute atomic E-state index is 0.203. The highest BCUT2D eigenvalue weighted by Crippen LogP contribution is 2.22. The Kier molecular flexibility index (Phi) is 5.63. The highest BCUT2D eigenvalue weighted by atomic mass is 35.5. The van der Waals surface area contributed by atoms with Crippen LogP contribution in [0.15, 0.2) is 58.1 Å². The summed E-state index contributed by atoms with van der Waals surface area (Å²) >= 11 is 6.09. The second-order valence-corrected chi connectivity index (χ2v) is 7.80. The molecule has 0 aliphatic carbocycles.